The highest BCUT2D eigenvalue weighted by molar-refractivity contribution is 7.90. The number of nitro benzene ring substituents is 1. The van der Waals surface area contributed by atoms with Crippen LogP contribution in [-0.2, 0) is 25.7 Å². The predicted molar refractivity (Wildman–Crippen MR) is 255 cm³/mol. The number of halogens is 3. The molecule has 0 spiro atoms. The number of ether oxygens (including phenoxy) is 2. The zero-order valence-electron chi connectivity index (χ0n) is 38.8. The Kier molecular flexibility index (Phi) is 14.1. The molecule has 1 unspecified atom stereocenters. The van der Waals surface area contributed by atoms with Gasteiger partial charge < -0.3 is 29.6 Å². The van der Waals surface area contributed by atoms with E-state index < -0.39 is 43.2 Å². The standard InChI is InChI=1S/C49H55F3N8O8S/c1-31-23-35(49(50,51)52)5-8-40(31)42-27-48(3,4)14-11-34(42)29-57-17-19-58(20-18-57)36-6-9-41(45(25-36)68-38-24-33-12-15-54-46(33)55-28-38)47(62)56-69(65,66)39-7-10-43(44(26-39)60(63)64)53-16-13-37-30-59(32(2)61)21-22-67-37/h5-10,12,15,23-26,28,37,53H,11,13-14,16-22,27,29-30H2,1-4H3,(H,54,55)(H,56,62). The summed E-state index contributed by atoms with van der Waals surface area (Å²) in [5.74, 6) is -0.770. The molecule has 1 aliphatic carbocycles. The highest BCUT2D eigenvalue weighted by Crippen LogP contribution is 2.45. The number of sulfonamides is 1. The van der Waals surface area contributed by atoms with Crippen LogP contribution in [0.25, 0.3) is 16.6 Å². The number of aryl methyl sites for hydroxylation is 1. The van der Waals surface area contributed by atoms with E-state index in [4.69, 9.17) is 9.47 Å². The van der Waals surface area contributed by atoms with Gasteiger partial charge in [-0.05, 0) is 103 Å². The third-order valence-corrected chi connectivity index (χ3v) is 14.4. The zero-order chi connectivity index (χ0) is 49.3. The number of carbonyl (C=O) groups is 2. The molecule has 20 heteroatoms. The van der Waals surface area contributed by atoms with Gasteiger partial charge in [-0.25, -0.2) is 18.1 Å². The number of morpholine rings is 1. The Bertz CT molecular complexity index is 2910. The van der Waals surface area contributed by atoms with Gasteiger partial charge in [0.15, 0.2) is 0 Å². The third kappa shape index (κ3) is 11.5. The molecule has 2 fully saturated rings. The summed E-state index contributed by atoms with van der Waals surface area (Å²) in [6.45, 7) is 12.3. The van der Waals surface area contributed by atoms with E-state index in [-0.39, 0.29) is 46.7 Å². The number of H-pyrrole nitrogens is 1. The molecule has 1 atom stereocenters. The van der Waals surface area contributed by atoms with E-state index in [9.17, 15) is 41.3 Å². The smallest absolute Gasteiger partial charge is 0.416 e. The molecular formula is C49H55F3N8O8S. The first-order valence-electron chi connectivity index (χ1n) is 22.8. The molecule has 0 radical (unpaired) electrons. The molecule has 69 heavy (non-hydrogen) atoms. The lowest BCUT2D eigenvalue weighted by Gasteiger charge is -2.39. The number of carbonyl (C=O) groups excluding carboxylic acids is 2. The molecule has 366 valence electrons. The Morgan fingerprint density at radius 2 is 1.81 bits per heavy atom. The van der Waals surface area contributed by atoms with E-state index in [0.717, 1.165) is 41.9 Å². The van der Waals surface area contributed by atoms with E-state index in [1.807, 2.05) is 0 Å². The number of benzene rings is 3. The number of nitrogens with one attached hydrogen (secondary N) is 3. The average Bonchev–Trinajstić information content (AvgIpc) is 3.77. The first kappa shape index (κ1) is 48.9. The maximum absolute atomic E-state index is 14.0. The predicted octanol–water partition coefficient (Wildman–Crippen LogP) is 8.54. The van der Waals surface area contributed by atoms with Crippen molar-refractivity contribution in [2.75, 3.05) is 69.2 Å². The number of aromatic amines is 1. The fourth-order valence-corrected chi connectivity index (χ4v) is 10.2. The molecule has 0 saturated carbocycles. The minimum Gasteiger partial charge on any atom is -0.455 e. The number of pyridine rings is 1. The Labute approximate surface area is 398 Å². The Balaban J connectivity index is 0.984. The summed E-state index contributed by atoms with van der Waals surface area (Å²) >= 11 is 0. The first-order valence-corrected chi connectivity index (χ1v) is 24.3. The summed E-state index contributed by atoms with van der Waals surface area (Å²) in [6, 6.07) is 15.7. The summed E-state index contributed by atoms with van der Waals surface area (Å²) in [6.07, 6.45) is 1.49. The number of rotatable bonds is 14. The second kappa shape index (κ2) is 19.8. The molecule has 4 heterocycles. The zero-order valence-corrected chi connectivity index (χ0v) is 39.6. The van der Waals surface area contributed by atoms with Crippen LogP contribution in [0.4, 0.5) is 30.2 Å². The van der Waals surface area contributed by atoms with Crippen molar-refractivity contribution in [1.82, 2.24) is 24.5 Å². The number of anilines is 2. The van der Waals surface area contributed by atoms with Crippen LogP contribution < -0.4 is 19.7 Å². The molecule has 2 saturated heterocycles. The summed E-state index contributed by atoms with van der Waals surface area (Å²) < 4.78 is 82.3. The third-order valence-electron chi connectivity index (χ3n) is 13.1. The molecule has 3 aromatic carbocycles. The maximum Gasteiger partial charge on any atom is 0.416 e. The SMILES string of the molecule is CC(=O)N1CCOC(CCNc2ccc(S(=O)(=O)NC(=O)c3ccc(N4CCN(CC5=C(c6ccc(C(F)(F)F)cc6C)CC(C)(C)CC5)CC4)cc3Oc3cnc4[nH]ccc4c3)cc2[N+](=O)[O-])C1. The molecule has 8 rings (SSSR count). The number of aromatic nitrogens is 2. The van der Waals surface area contributed by atoms with Gasteiger partial charge in [-0.15, -0.1) is 0 Å². The Morgan fingerprint density at radius 1 is 1.03 bits per heavy atom. The van der Waals surface area contributed by atoms with Crippen molar-refractivity contribution in [3.8, 4) is 11.5 Å². The van der Waals surface area contributed by atoms with E-state index in [0.29, 0.717) is 75.7 Å². The van der Waals surface area contributed by atoms with Crippen LogP contribution in [0.2, 0.25) is 0 Å². The molecule has 2 amide bonds. The van der Waals surface area contributed by atoms with Crippen LogP contribution in [0, 0.1) is 22.5 Å². The van der Waals surface area contributed by atoms with E-state index in [1.165, 1.54) is 49.0 Å². The molecule has 2 aromatic heterocycles. The number of alkyl halides is 3. The van der Waals surface area contributed by atoms with Crippen LogP contribution >= 0.6 is 0 Å². The lowest BCUT2D eigenvalue weighted by atomic mass is 9.72. The number of fused-ring (bicyclic) bond motifs is 1. The van der Waals surface area contributed by atoms with Crippen molar-refractivity contribution in [1.29, 1.82) is 0 Å². The van der Waals surface area contributed by atoms with Gasteiger partial charge in [0.1, 0.15) is 22.8 Å². The normalized spacial score (nSPS) is 18.0. The summed E-state index contributed by atoms with van der Waals surface area (Å²) in [5, 5.41) is 15.9. The van der Waals surface area contributed by atoms with Crippen LogP contribution in [-0.4, -0.2) is 110 Å². The molecule has 3 N–H and O–H groups in total. The lowest BCUT2D eigenvalue weighted by molar-refractivity contribution is -0.384. The van der Waals surface area contributed by atoms with Crippen molar-refractivity contribution in [2.24, 2.45) is 5.41 Å². The van der Waals surface area contributed by atoms with Crippen LogP contribution in [0.3, 0.4) is 0 Å². The molecule has 0 bridgehead atoms. The number of hydrogen-bond acceptors (Lipinski definition) is 12. The Hall–Kier alpha value is -6.51. The minimum atomic E-state index is -4.66. The number of nitro groups is 1. The van der Waals surface area contributed by atoms with Crippen molar-refractivity contribution >= 4 is 55.5 Å². The number of hydrogen-bond donors (Lipinski definition) is 3. The fraction of sp³-hybridized carbons (Fsp3) is 0.408. The molecule has 3 aliphatic rings. The molecule has 5 aromatic rings. The fourth-order valence-electron chi connectivity index (χ4n) is 9.25. The maximum atomic E-state index is 14.0. The van der Waals surface area contributed by atoms with E-state index in [2.05, 4.69) is 43.7 Å². The molecular weight excluding hydrogens is 918 g/mol. The monoisotopic (exact) mass is 972 g/mol. The topological polar surface area (TPSA) is 192 Å². The van der Waals surface area contributed by atoms with Crippen molar-refractivity contribution in [3.05, 3.63) is 117 Å². The number of amides is 2. The summed E-state index contributed by atoms with van der Waals surface area (Å²) in [4.78, 5) is 50.3. The lowest BCUT2D eigenvalue weighted by Crippen LogP contribution is -2.47. The highest BCUT2D eigenvalue weighted by atomic mass is 32.2. The molecule has 16 nitrogen and oxygen atoms in total. The van der Waals surface area contributed by atoms with Crippen molar-refractivity contribution in [2.45, 2.75) is 70.6 Å². The van der Waals surface area contributed by atoms with Gasteiger partial charge in [0.25, 0.3) is 21.6 Å². The number of allylic oxidation sites excluding steroid dienone is 1. The van der Waals surface area contributed by atoms with Crippen molar-refractivity contribution in [3.63, 3.8) is 0 Å². The van der Waals surface area contributed by atoms with Crippen LogP contribution in [0.5, 0.6) is 11.5 Å². The van der Waals surface area contributed by atoms with Gasteiger partial charge in [0, 0.05) is 88.7 Å². The van der Waals surface area contributed by atoms with E-state index in [1.54, 1.807) is 48.4 Å². The van der Waals surface area contributed by atoms with Gasteiger partial charge >= 0.3 is 6.18 Å². The van der Waals surface area contributed by atoms with Gasteiger partial charge in [0.2, 0.25) is 5.91 Å². The summed E-state index contributed by atoms with van der Waals surface area (Å²) in [5.41, 5.74) is 3.90. The average molecular weight is 973 g/mol. The van der Waals surface area contributed by atoms with Crippen LogP contribution in [0.1, 0.15) is 73.5 Å². The summed E-state index contributed by atoms with van der Waals surface area (Å²) in [7, 11) is -4.66. The quantitative estimate of drug-likeness (QED) is 0.0711. The first-order chi connectivity index (χ1) is 32.7. The second-order valence-electron chi connectivity index (χ2n) is 18.6. The van der Waals surface area contributed by atoms with Crippen LogP contribution in [0.15, 0.2) is 89.6 Å². The largest absolute Gasteiger partial charge is 0.455 e. The second-order valence-corrected chi connectivity index (χ2v) is 20.3. The van der Waals surface area contributed by atoms with Gasteiger partial charge in [-0.2, -0.15) is 13.2 Å². The van der Waals surface area contributed by atoms with Gasteiger partial charge in [-0.3, -0.25) is 24.6 Å². The molecule has 2 aliphatic heterocycles. The number of nitrogens with zero attached hydrogens (tertiary/aromatic N) is 5. The number of piperazine rings is 1. The van der Waals surface area contributed by atoms with Gasteiger partial charge in [0.05, 0.1) is 39.9 Å². The minimum absolute atomic E-state index is 0.00148. The highest BCUT2D eigenvalue weighted by Gasteiger charge is 2.34. The van der Waals surface area contributed by atoms with E-state index >= 15 is 0 Å². The van der Waals surface area contributed by atoms with Gasteiger partial charge in [-0.1, -0.05) is 25.5 Å². The van der Waals surface area contributed by atoms with Crippen molar-refractivity contribution < 1.29 is 45.6 Å². The Morgan fingerprint density at radius 3 is 2.54 bits per heavy atom.